The maximum atomic E-state index is 5.37. The van der Waals surface area contributed by atoms with Crippen molar-refractivity contribution in [3.05, 3.63) is 0 Å². The summed E-state index contributed by atoms with van der Waals surface area (Å²) in [5.41, 5.74) is 0. The second-order valence-electron chi connectivity index (χ2n) is 3.99. The Morgan fingerprint density at radius 1 is 1.69 bits per heavy atom. The first-order chi connectivity index (χ1) is 6.24. The van der Waals surface area contributed by atoms with Crippen molar-refractivity contribution in [3.63, 3.8) is 0 Å². The Hall–Kier alpha value is -0.520. The van der Waals surface area contributed by atoms with E-state index in [4.69, 9.17) is 6.42 Å². The monoisotopic (exact) mass is 180 g/mol. The van der Waals surface area contributed by atoms with Crippen LogP contribution in [0.1, 0.15) is 19.8 Å². The van der Waals surface area contributed by atoms with Crippen LogP contribution < -0.4 is 5.32 Å². The zero-order valence-corrected chi connectivity index (χ0v) is 8.71. The van der Waals surface area contributed by atoms with Crippen molar-refractivity contribution in [2.24, 2.45) is 5.92 Å². The smallest absolute Gasteiger partial charge is 0.0680 e. The van der Waals surface area contributed by atoms with E-state index in [2.05, 4.69) is 30.1 Å². The molecule has 1 heterocycles. The molecule has 2 nitrogen and oxygen atoms in total. The molecule has 1 aliphatic heterocycles. The van der Waals surface area contributed by atoms with E-state index in [1.165, 1.54) is 19.4 Å². The number of piperidine rings is 1. The van der Waals surface area contributed by atoms with Gasteiger partial charge in [-0.15, -0.1) is 6.42 Å². The molecule has 2 atom stereocenters. The average molecular weight is 180 g/mol. The van der Waals surface area contributed by atoms with Crippen LogP contribution in [-0.4, -0.2) is 37.6 Å². The van der Waals surface area contributed by atoms with E-state index in [1.54, 1.807) is 0 Å². The van der Waals surface area contributed by atoms with E-state index in [0.29, 0.717) is 0 Å². The van der Waals surface area contributed by atoms with Gasteiger partial charge in [-0.05, 0) is 45.8 Å². The molecule has 0 spiro atoms. The van der Waals surface area contributed by atoms with Gasteiger partial charge in [0, 0.05) is 6.54 Å². The number of nitrogens with one attached hydrogen (secondary N) is 1. The van der Waals surface area contributed by atoms with Crippen molar-refractivity contribution < 1.29 is 0 Å². The Kier molecular flexibility index (Phi) is 4.27. The lowest BCUT2D eigenvalue weighted by atomic mass is 9.99. The van der Waals surface area contributed by atoms with Crippen molar-refractivity contribution in [1.82, 2.24) is 10.2 Å². The van der Waals surface area contributed by atoms with Crippen LogP contribution in [0.5, 0.6) is 0 Å². The zero-order valence-electron chi connectivity index (χ0n) is 8.71. The lowest BCUT2D eigenvalue weighted by molar-refractivity contribution is 0.226. The van der Waals surface area contributed by atoms with Gasteiger partial charge in [0.15, 0.2) is 0 Å². The van der Waals surface area contributed by atoms with E-state index < -0.39 is 0 Å². The molecule has 13 heavy (non-hydrogen) atoms. The highest BCUT2D eigenvalue weighted by molar-refractivity contribution is 4.96. The molecule has 0 aromatic heterocycles. The topological polar surface area (TPSA) is 15.3 Å². The van der Waals surface area contributed by atoms with Crippen LogP contribution in [0.2, 0.25) is 0 Å². The molecule has 1 rings (SSSR count). The summed E-state index contributed by atoms with van der Waals surface area (Å²) in [5.74, 6) is 3.55. The Bertz CT molecular complexity index is 177. The van der Waals surface area contributed by atoms with E-state index in [-0.39, 0.29) is 6.04 Å². The van der Waals surface area contributed by atoms with Crippen LogP contribution in [0, 0.1) is 18.3 Å². The van der Waals surface area contributed by atoms with Crippen LogP contribution in [0.25, 0.3) is 0 Å². The van der Waals surface area contributed by atoms with Crippen LogP contribution in [0.4, 0.5) is 0 Å². The van der Waals surface area contributed by atoms with E-state index >= 15 is 0 Å². The molecule has 2 heteroatoms. The van der Waals surface area contributed by atoms with Crippen molar-refractivity contribution in [2.45, 2.75) is 25.8 Å². The molecule has 0 amide bonds. The number of terminal acetylenes is 1. The minimum absolute atomic E-state index is 0.266. The Morgan fingerprint density at radius 3 is 3.00 bits per heavy atom. The summed E-state index contributed by atoms with van der Waals surface area (Å²) in [6, 6.07) is 0.266. The summed E-state index contributed by atoms with van der Waals surface area (Å²) in [4.78, 5) is 2.26. The molecular formula is C11H20N2. The molecule has 1 saturated heterocycles. The molecule has 74 valence electrons. The highest BCUT2D eigenvalue weighted by Gasteiger charge is 2.16. The summed E-state index contributed by atoms with van der Waals surface area (Å²) in [6.45, 7) is 5.54. The van der Waals surface area contributed by atoms with Crippen LogP contribution >= 0.6 is 0 Å². The third-order valence-corrected chi connectivity index (χ3v) is 2.85. The number of nitrogens with zero attached hydrogens (tertiary/aromatic N) is 1. The van der Waals surface area contributed by atoms with Crippen molar-refractivity contribution in [3.8, 4) is 12.3 Å². The molecule has 0 aliphatic carbocycles. The van der Waals surface area contributed by atoms with Crippen molar-refractivity contribution in [2.75, 3.05) is 26.7 Å². The molecule has 0 aromatic rings. The van der Waals surface area contributed by atoms with Gasteiger partial charge in [-0.3, -0.25) is 4.90 Å². The van der Waals surface area contributed by atoms with Crippen molar-refractivity contribution in [1.29, 1.82) is 0 Å². The van der Waals surface area contributed by atoms with Gasteiger partial charge in [0.25, 0.3) is 0 Å². The van der Waals surface area contributed by atoms with Gasteiger partial charge in [0.05, 0.1) is 6.04 Å². The molecule has 2 unspecified atom stereocenters. The second kappa shape index (κ2) is 5.26. The van der Waals surface area contributed by atoms with Gasteiger partial charge in [-0.1, -0.05) is 5.92 Å². The molecule has 1 aliphatic rings. The first kappa shape index (κ1) is 10.6. The maximum absolute atomic E-state index is 5.37. The van der Waals surface area contributed by atoms with Crippen LogP contribution in [-0.2, 0) is 0 Å². The summed E-state index contributed by atoms with van der Waals surface area (Å²) in [7, 11) is 2.11. The minimum atomic E-state index is 0.266. The third-order valence-electron chi connectivity index (χ3n) is 2.85. The molecule has 0 bridgehead atoms. The van der Waals surface area contributed by atoms with Crippen LogP contribution in [0.3, 0.4) is 0 Å². The number of hydrogen-bond acceptors (Lipinski definition) is 2. The maximum Gasteiger partial charge on any atom is 0.0680 e. The average Bonchev–Trinajstić information content (AvgIpc) is 2.18. The van der Waals surface area contributed by atoms with Gasteiger partial charge in [-0.2, -0.15) is 0 Å². The van der Waals surface area contributed by atoms with Gasteiger partial charge in [0.2, 0.25) is 0 Å². The molecule has 0 aromatic carbocycles. The summed E-state index contributed by atoms with van der Waals surface area (Å²) in [6.07, 6.45) is 8.02. The predicted octanol–water partition coefficient (Wildman–Crippen LogP) is 0.940. The molecule has 0 saturated carbocycles. The summed E-state index contributed by atoms with van der Waals surface area (Å²) < 4.78 is 0. The minimum Gasteiger partial charge on any atom is -0.316 e. The molecule has 1 fully saturated rings. The highest BCUT2D eigenvalue weighted by atomic mass is 15.1. The fourth-order valence-corrected chi connectivity index (χ4v) is 1.77. The zero-order chi connectivity index (χ0) is 9.68. The quantitative estimate of drug-likeness (QED) is 0.650. The molecule has 1 N–H and O–H groups in total. The van der Waals surface area contributed by atoms with Crippen LogP contribution in [0.15, 0.2) is 0 Å². The lowest BCUT2D eigenvalue weighted by Gasteiger charge is -2.29. The highest BCUT2D eigenvalue weighted by Crippen LogP contribution is 2.11. The van der Waals surface area contributed by atoms with E-state index in [9.17, 15) is 0 Å². The first-order valence-electron chi connectivity index (χ1n) is 5.11. The Balaban J connectivity index is 2.26. The van der Waals surface area contributed by atoms with Gasteiger partial charge in [0.1, 0.15) is 0 Å². The number of hydrogen-bond donors (Lipinski definition) is 1. The van der Waals surface area contributed by atoms with Crippen molar-refractivity contribution >= 4 is 0 Å². The fraction of sp³-hybridized carbons (Fsp3) is 0.818. The lowest BCUT2D eigenvalue weighted by Crippen LogP contribution is -2.39. The number of rotatable bonds is 3. The predicted molar refractivity (Wildman–Crippen MR) is 56.5 cm³/mol. The SMILES string of the molecule is C#CC(C)N(C)CC1CCCNC1. The second-order valence-corrected chi connectivity index (χ2v) is 3.99. The molecule has 0 radical (unpaired) electrons. The Morgan fingerprint density at radius 2 is 2.46 bits per heavy atom. The standard InChI is InChI=1S/C11H20N2/c1-4-10(2)13(3)9-11-6-5-7-12-8-11/h1,10-12H,5-9H2,2-3H3. The van der Waals surface area contributed by atoms with Gasteiger partial charge < -0.3 is 5.32 Å². The summed E-state index contributed by atoms with van der Waals surface area (Å²) >= 11 is 0. The first-order valence-corrected chi connectivity index (χ1v) is 5.11. The third kappa shape index (κ3) is 3.38. The summed E-state index contributed by atoms with van der Waals surface area (Å²) in [5, 5.41) is 3.42. The van der Waals surface area contributed by atoms with E-state index in [1.807, 2.05) is 0 Å². The normalized spacial score (nSPS) is 25.5. The van der Waals surface area contributed by atoms with E-state index in [0.717, 1.165) is 19.0 Å². The largest absolute Gasteiger partial charge is 0.316 e. The molecular weight excluding hydrogens is 160 g/mol. The van der Waals surface area contributed by atoms with Gasteiger partial charge >= 0.3 is 0 Å². The fourth-order valence-electron chi connectivity index (χ4n) is 1.77. The Labute approximate surface area is 81.7 Å². The van der Waals surface area contributed by atoms with Gasteiger partial charge in [-0.25, -0.2) is 0 Å².